The lowest BCUT2D eigenvalue weighted by Gasteiger charge is -2.24. The van der Waals surface area contributed by atoms with Crippen LogP contribution in [0.15, 0.2) is 40.1 Å². The highest BCUT2D eigenvalue weighted by molar-refractivity contribution is 8.00. The van der Waals surface area contributed by atoms with Crippen molar-refractivity contribution in [3.05, 3.63) is 52.0 Å². The predicted octanol–water partition coefficient (Wildman–Crippen LogP) is 6.15. The first-order chi connectivity index (χ1) is 13.7. The molecule has 5 rings (SSSR count). The molecule has 3 aromatic rings. The number of halogens is 2. The number of ether oxygens (including phenoxy) is 1. The Morgan fingerprint density at radius 3 is 2.93 bits per heavy atom. The van der Waals surface area contributed by atoms with E-state index in [4.69, 9.17) is 32.5 Å². The average molecular weight is 434 g/mol. The van der Waals surface area contributed by atoms with Crippen LogP contribution in [0.25, 0.3) is 11.3 Å². The molecule has 1 fully saturated rings. The number of fused-ring (bicyclic) bond motifs is 3. The van der Waals surface area contributed by atoms with Gasteiger partial charge in [-0.2, -0.15) is 0 Å². The zero-order chi connectivity index (χ0) is 19.1. The fraction of sp³-hybridized carbons (Fsp3) is 0.350. The molecule has 0 saturated heterocycles. The SMILES string of the molecule is Clc1ccc(-c2cc(COc3ncnc4c3C3CCCCC3S4)on2)c(Cl)c1. The molecular formula is C20H17Cl2N3O2S. The van der Waals surface area contributed by atoms with E-state index in [0.29, 0.717) is 38.5 Å². The van der Waals surface area contributed by atoms with Gasteiger partial charge in [-0.15, -0.1) is 11.8 Å². The van der Waals surface area contributed by atoms with Gasteiger partial charge < -0.3 is 9.26 Å². The molecule has 1 aliphatic carbocycles. The summed E-state index contributed by atoms with van der Waals surface area (Å²) in [5, 5.41) is 6.89. The number of hydrogen-bond donors (Lipinski definition) is 0. The molecule has 2 aromatic heterocycles. The second-order valence-corrected chi connectivity index (χ2v) is 9.11. The second-order valence-electron chi connectivity index (χ2n) is 7.04. The van der Waals surface area contributed by atoms with E-state index < -0.39 is 0 Å². The number of hydrogen-bond acceptors (Lipinski definition) is 6. The van der Waals surface area contributed by atoms with E-state index in [1.807, 2.05) is 23.9 Å². The van der Waals surface area contributed by atoms with Crippen LogP contribution in [0.1, 0.15) is 42.9 Å². The minimum absolute atomic E-state index is 0.254. The summed E-state index contributed by atoms with van der Waals surface area (Å²) in [5.74, 6) is 1.76. The molecule has 28 heavy (non-hydrogen) atoms. The summed E-state index contributed by atoms with van der Waals surface area (Å²) >= 11 is 14.1. The predicted molar refractivity (Wildman–Crippen MR) is 109 cm³/mol. The van der Waals surface area contributed by atoms with Crippen molar-refractivity contribution in [2.24, 2.45) is 0 Å². The standard InChI is InChI=1S/C20H17Cl2N3O2S/c21-11-5-6-13(15(22)7-11)16-8-12(27-25-16)9-26-19-18-14-3-1-2-4-17(14)28-20(18)24-10-23-19/h5-8,10,14,17H,1-4,9H2. The van der Waals surface area contributed by atoms with E-state index in [-0.39, 0.29) is 6.61 Å². The summed E-state index contributed by atoms with van der Waals surface area (Å²) in [7, 11) is 0. The Morgan fingerprint density at radius 2 is 2.04 bits per heavy atom. The third-order valence-electron chi connectivity index (χ3n) is 5.26. The smallest absolute Gasteiger partial charge is 0.221 e. The molecular weight excluding hydrogens is 417 g/mol. The van der Waals surface area contributed by atoms with Crippen molar-refractivity contribution >= 4 is 35.0 Å². The largest absolute Gasteiger partial charge is 0.469 e. The Hall–Kier alpha value is -1.76. The van der Waals surface area contributed by atoms with Gasteiger partial charge in [0, 0.05) is 27.8 Å². The number of rotatable bonds is 4. The Labute approximate surface area is 176 Å². The number of aromatic nitrogens is 3. The lowest BCUT2D eigenvalue weighted by Crippen LogP contribution is -2.16. The molecule has 2 aliphatic rings. The van der Waals surface area contributed by atoms with Gasteiger partial charge in [-0.1, -0.05) is 41.2 Å². The summed E-state index contributed by atoms with van der Waals surface area (Å²) in [5.41, 5.74) is 2.58. The second kappa shape index (κ2) is 7.58. The van der Waals surface area contributed by atoms with Crippen molar-refractivity contribution in [2.75, 3.05) is 0 Å². The fourth-order valence-electron chi connectivity index (χ4n) is 3.95. The first-order valence-corrected chi connectivity index (χ1v) is 10.9. The molecule has 0 N–H and O–H groups in total. The van der Waals surface area contributed by atoms with E-state index in [2.05, 4.69) is 15.1 Å². The molecule has 8 heteroatoms. The van der Waals surface area contributed by atoms with Gasteiger partial charge in [0.15, 0.2) is 12.4 Å². The molecule has 2 unspecified atom stereocenters. The summed E-state index contributed by atoms with van der Waals surface area (Å²) in [6.45, 7) is 0.254. The third kappa shape index (κ3) is 3.38. The molecule has 2 atom stereocenters. The van der Waals surface area contributed by atoms with Crippen LogP contribution >= 0.6 is 35.0 Å². The van der Waals surface area contributed by atoms with Crippen molar-refractivity contribution in [2.45, 2.75) is 48.5 Å². The zero-order valence-corrected chi connectivity index (χ0v) is 17.2. The van der Waals surface area contributed by atoms with Crippen LogP contribution in [-0.2, 0) is 6.61 Å². The highest BCUT2D eigenvalue weighted by atomic mass is 35.5. The molecule has 0 bridgehead atoms. The topological polar surface area (TPSA) is 61.0 Å². The summed E-state index contributed by atoms with van der Waals surface area (Å²) in [4.78, 5) is 8.87. The van der Waals surface area contributed by atoms with Crippen molar-refractivity contribution in [1.82, 2.24) is 15.1 Å². The summed E-state index contributed by atoms with van der Waals surface area (Å²) < 4.78 is 11.5. The average Bonchev–Trinajstić information content (AvgIpc) is 3.31. The van der Waals surface area contributed by atoms with Crippen molar-refractivity contribution < 1.29 is 9.26 Å². The Morgan fingerprint density at radius 1 is 1.14 bits per heavy atom. The first-order valence-electron chi connectivity index (χ1n) is 9.24. The van der Waals surface area contributed by atoms with Crippen LogP contribution in [0.2, 0.25) is 10.0 Å². The molecule has 144 valence electrons. The molecule has 0 radical (unpaired) electrons. The lowest BCUT2D eigenvalue weighted by atomic mass is 9.85. The number of nitrogens with zero attached hydrogens (tertiary/aromatic N) is 3. The summed E-state index contributed by atoms with van der Waals surface area (Å²) in [6.07, 6.45) is 6.54. The first kappa shape index (κ1) is 18.3. The van der Waals surface area contributed by atoms with Gasteiger partial charge in [-0.25, -0.2) is 9.97 Å². The minimum atomic E-state index is 0.254. The molecule has 1 aliphatic heterocycles. The van der Waals surface area contributed by atoms with E-state index in [1.165, 1.54) is 25.7 Å². The zero-order valence-electron chi connectivity index (χ0n) is 14.9. The van der Waals surface area contributed by atoms with Crippen LogP contribution in [0.5, 0.6) is 5.88 Å². The Kier molecular flexibility index (Phi) is 4.95. The van der Waals surface area contributed by atoms with E-state index in [9.17, 15) is 0 Å². The maximum Gasteiger partial charge on any atom is 0.221 e. The molecule has 3 heterocycles. The lowest BCUT2D eigenvalue weighted by molar-refractivity contribution is 0.236. The Bertz CT molecular complexity index is 1030. The molecule has 5 nitrogen and oxygen atoms in total. The van der Waals surface area contributed by atoms with E-state index in [0.717, 1.165) is 16.2 Å². The normalized spacial score (nSPS) is 20.6. The molecule has 0 amide bonds. The van der Waals surface area contributed by atoms with Crippen molar-refractivity contribution in [1.29, 1.82) is 0 Å². The van der Waals surface area contributed by atoms with E-state index in [1.54, 1.807) is 18.5 Å². The monoisotopic (exact) mass is 433 g/mol. The molecule has 1 aromatic carbocycles. The molecule has 1 saturated carbocycles. The number of benzene rings is 1. The van der Waals surface area contributed by atoms with Gasteiger partial charge in [0.2, 0.25) is 5.88 Å². The fourth-order valence-corrected chi connectivity index (χ4v) is 5.93. The maximum atomic E-state index is 6.26. The van der Waals surface area contributed by atoms with Crippen molar-refractivity contribution in [3.8, 4) is 17.1 Å². The van der Waals surface area contributed by atoms with Gasteiger partial charge in [0.25, 0.3) is 0 Å². The van der Waals surface area contributed by atoms with Gasteiger partial charge >= 0.3 is 0 Å². The highest BCUT2D eigenvalue weighted by Gasteiger charge is 2.39. The number of thioether (sulfide) groups is 1. The highest BCUT2D eigenvalue weighted by Crippen LogP contribution is 2.53. The van der Waals surface area contributed by atoms with Crippen molar-refractivity contribution in [3.63, 3.8) is 0 Å². The van der Waals surface area contributed by atoms with Gasteiger partial charge in [-0.3, -0.25) is 0 Å². The maximum absolute atomic E-state index is 6.26. The van der Waals surface area contributed by atoms with Crippen LogP contribution in [0, 0.1) is 0 Å². The quantitative estimate of drug-likeness (QED) is 0.459. The minimum Gasteiger partial charge on any atom is -0.469 e. The Balaban J connectivity index is 1.35. The van der Waals surface area contributed by atoms with Gasteiger partial charge in [-0.05, 0) is 31.0 Å². The van der Waals surface area contributed by atoms with Crippen LogP contribution in [0.3, 0.4) is 0 Å². The van der Waals surface area contributed by atoms with Crippen LogP contribution in [-0.4, -0.2) is 20.4 Å². The third-order valence-corrected chi connectivity index (χ3v) is 7.23. The van der Waals surface area contributed by atoms with Crippen LogP contribution in [0.4, 0.5) is 0 Å². The summed E-state index contributed by atoms with van der Waals surface area (Å²) in [6, 6.07) is 7.11. The van der Waals surface area contributed by atoms with E-state index >= 15 is 0 Å². The van der Waals surface area contributed by atoms with Gasteiger partial charge in [0.05, 0.1) is 10.6 Å². The van der Waals surface area contributed by atoms with Crippen LogP contribution < -0.4 is 4.74 Å². The molecule has 0 spiro atoms. The van der Waals surface area contributed by atoms with Gasteiger partial charge in [0.1, 0.15) is 17.0 Å².